The molecule has 144 valence electrons. The summed E-state index contributed by atoms with van der Waals surface area (Å²) in [6.45, 7) is 0.403. The van der Waals surface area contributed by atoms with Crippen LogP contribution in [-0.2, 0) is 12.7 Å². The van der Waals surface area contributed by atoms with Gasteiger partial charge in [0.1, 0.15) is 17.8 Å². The molecule has 0 aliphatic rings. The van der Waals surface area contributed by atoms with Crippen LogP contribution in [0.3, 0.4) is 0 Å². The number of halogens is 3. The van der Waals surface area contributed by atoms with Crippen molar-refractivity contribution >= 4 is 17.4 Å². The standard InChI is InChI=1S/C20H17F3N4O/c1-27(12-14-6-3-2-4-7-14)19(28)17-11-18(25-13-24-17)26-16-9-5-8-15(10-16)20(21,22)23/h2-11,13H,12H2,1H3,(H,24,25,26). The van der Waals surface area contributed by atoms with Crippen LogP contribution in [0.15, 0.2) is 67.0 Å². The summed E-state index contributed by atoms with van der Waals surface area (Å²) >= 11 is 0. The maximum absolute atomic E-state index is 12.8. The van der Waals surface area contributed by atoms with E-state index >= 15 is 0 Å². The zero-order valence-electron chi connectivity index (χ0n) is 14.9. The van der Waals surface area contributed by atoms with Crippen molar-refractivity contribution in [3.05, 3.63) is 83.8 Å². The molecule has 8 heteroatoms. The molecule has 0 spiro atoms. The molecule has 0 aliphatic carbocycles. The number of aromatic nitrogens is 2. The highest BCUT2D eigenvalue weighted by Gasteiger charge is 2.30. The largest absolute Gasteiger partial charge is 0.416 e. The predicted molar refractivity (Wildman–Crippen MR) is 99.0 cm³/mol. The number of amides is 1. The fraction of sp³-hybridized carbons (Fsp3) is 0.150. The van der Waals surface area contributed by atoms with E-state index in [1.807, 2.05) is 30.3 Å². The molecule has 0 saturated carbocycles. The van der Waals surface area contributed by atoms with Crippen molar-refractivity contribution in [3.8, 4) is 0 Å². The van der Waals surface area contributed by atoms with Crippen LogP contribution >= 0.6 is 0 Å². The fourth-order valence-electron chi connectivity index (χ4n) is 2.59. The van der Waals surface area contributed by atoms with Crippen LogP contribution in [0.25, 0.3) is 0 Å². The van der Waals surface area contributed by atoms with Crippen molar-refractivity contribution in [2.45, 2.75) is 12.7 Å². The van der Waals surface area contributed by atoms with Crippen LogP contribution in [0.2, 0.25) is 0 Å². The van der Waals surface area contributed by atoms with E-state index in [1.165, 1.54) is 29.4 Å². The summed E-state index contributed by atoms with van der Waals surface area (Å²) in [6.07, 6.45) is -3.25. The van der Waals surface area contributed by atoms with Crippen molar-refractivity contribution in [2.24, 2.45) is 0 Å². The van der Waals surface area contributed by atoms with E-state index in [1.54, 1.807) is 7.05 Å². The van der Waals surface area contributed by atoms with E-state index in [9.17, 15) is 18.0 Å². The van der Waals surface area contributed by atoms with Gasteiger partial charge in [-0.05, 0) is 23.8 Å². The average molecular weight is 386 g/mol. The topological polar surface area (TPSA) is 58.1 Å². The Morgan fingerprint density at radius 3 is 2.50 bits per heavy atom. The number of hydrogen-bond acceptors (Lipinski definition) is 4. The van der Waals surface area contributed by atoms with Gasteiger partial charge in [0.2, 0.25) is 0 Å². The Bertz CT molecular complexity index is 961. The zero-order chi connectivity index (χ0) is 20.1. The molecule has 1 aromatic heterocycles. The molecule has 0 unspecified atom stereocenters. The summed E-state index contributed by atoms with van der Waals surface area (Å²) in [5.74, 6) is -0.0934. The third kappa shape index (κ3) is 4.85. The molecule has 0 saturated heterocycles. The number of hydrogen-bond donors (Lipinski definition) is 1. The van der Waals surface area contributed by atoms with Gasteiger partial charge in [-0.1, -0.05) is 36.4 Å². The Morgan fingerprint density at radius 1 is 1.04 bits per heavy atom. The summed E-state index contributed by atoms with van der Waals surface area (Å²) in [7, 11) is 1.65. The van der Waals surface area contributed by atoms with E-state index in [4.69, 9.17) is 0 Å². The van der Waals surface area contributed by atoms with Crippen molar-refractivity contribution in [3.63, 3.8) is 0 Å². The van der Waals surface area contributed by atoms with E-state index in [-0.39, 0.29) is 23.1 Å². The van der Waals surface area contributed by atoms with E-state index in [0.717, 1.165) is 17.7 Å². The van der Waals surface area contributed by atoms with E-state index in [2.05, 4.69) is 15.3 Å². The molecule has 3 rings (SSSR count). The summed E-state index contributed by atoms with van der Waals surface area (Å²) in [5, 5.41) is 2.78. The first kappa shape index (κ1) is 19.3. The summed E-state index contributed by atoms with van der Waals surface area (Å²) < 4.78 is 38.5. The minimum absolute atomic E-state index is 0.142. The van der Waals surface area contributed by atoms with Gasteiger partial charge in [-0.3, -0.25) is 4.79 Å². The van der Waals surface area contributed by atoms with Gasteiger partial charge < -0.3 is 10.2 Å². The van der Waals surface area contributed by atoms with Crippen molar-refractivity contribution in [2.75, 3.05) is 12.4 Å². The molecule has 5 nitrogen and oxygen atoms in total. The van der Waals surface area contributed by atoms with Gasteiger partial charge in [-0.25, -0.2) is 9.97 Å². The van der Waals surface area contributed by atoms with Gasteiger partial charge in [0.05, 0.1) is 5.56 Å². The SMILES string of the molecule is CN(Cc1ccccc1)C(=O)c1cc(Nc2cccc(C(F)(F)F)c2)ncn1. The van der Waals surface area contributed by atoms with Crippen LogP contribution in [0.5, 0.6) is 0 Å². The van der Waals surface area contributed by atoms with Gasteiger partial charge in [0.25, 0.3) is 5.91 Å². The van der Waals surface area contributed by atoms with Gasteiger partial charge in [0.15, 0.2) is 0 Å². The molecule has 2 aromatic carbocycles. The lowest BCUT2D eigenvalue weighted by molar-refractivity contribution is -0.137. The molecule has 1 amide bonds. The molecule has 28 heavy (non-hydrogen) atoms. The number of benzene rings is 2. The first-order chi connectivity index (χ1) is 13.3. The first-order valence-corrected chi connectivity index (χ1v) is 8.38. The third-order valence-corrected chi connectivity index (χ3v) is 3.96. The van der Waals surface area contributed by atoms with Crippen molar-refractivity contribution in [1.29, 1.82) is 0 Å². The summed E-state index contributed by atoms with van der Waals surface area (Å²) in [4.78, 5) is 22.1. The highest BCUT2D eigenvalue weighted by molar-refractivity contribution is 5.92. The minimum Gasteiger partial charge on any atom is -0.340 e. The van der Waals surface area contributed by atoms with Gasteiger partial charge in [-0.2, -0.15) is 13.2 Å². The number of nitrogens with one attached hydrogen (secondary N) is 1. The number of carbonyl (C=O) groups is 1. The Balaban J connectivity index is 1.74. The second-order valence-electron chi connectivity index (χ2n) is 6.14. The number of rotatable bonds is 5. The first-order valence-electron chi connectivity index (χ1n) is 8.38. The van der Waals surface area contributed by atoms with Crippen molar-refractivity contribution in [1.82, 2.24) is 14.9 Å². The van der Waals surface area contributed by atoms with Gasteiger partial charge in [0, 0.05) is 25.3 Å². The molecule has 0 atom stereocenters. The number of nitrogens with zero attached hydrogens (tertiary/aromatic N) is 3. The highest BCUT2D eigenvalue weighted by atomic mass is 19.4. The highest BCUT2D eigenvalue weighted by Crippen LogP contribution is 2.31. The summed E-state index contributed by atoms with van der Waals surface area (Å²) in [6, 6.07) is 15.6. The second kappa shape index (κ2) is 8.08. The molecule has 0 fully saturated rings. The molecule has 0 aliphatic heterocycles. The Morgan fingerprint density at radius 2 is 1.79 bits per heavy atom. The smallest absolute Gasteiger partial charge is 0.340 e. The molecule has 3 aromatic rings. The minimum atomic E-state index is -4.44. The predicted octanol–water partition coefficient (Wildman–Crippen LogP) is 4.51. The molecule has 1 N–H and O–H groups in total. The van der Waals surface area contributed by atoms with Crippen LogP contribution in [0.1, 0.15) is 21.6 Å². The Labute approximate surface area is 159 Å². The molecule has 1 heterocycles. The summed E-state index contributed by atoms with van der Waals surface area (Å²) in [5.41, 5.74) is 0.549. The van der Waals surface area contributed by atoms with Gasteiger partial charge >= 0.3 is 6.18 Å². The number of alkyl halides is 3. The zero-order valence-corrected chi connectivity index (χ0v) is 14.9. The maximum atomic E-state index is 12.8. The Kier molecular flexibility index (Phi) is 5.58. The second-order valence-corrected chi connectivity index (χ2v) is 6.14. The van der Waals surface area contributed by atoms with Crippen LogP contribution < -0.4 is 5.32 Å². The fourth-order valence-corrected chi connectivity index (χ4v) is 2.59. The lowest BCUT2D eigenvalue weighted by atomic mass is 10.2. The monoisotopic (exact) mass is 386 g/mol. The van der Waals surface area contributed by atoms with Crippen molar-refractivity contribution < 1.29 is 18.0 Å². The molecular formula is C20H17F3N4O. The number of carbonyl (C=O) groups excluding carboxylic acids is 1. The van der Waals surface area contributed by atoms with Crippen LogP contribution in [-0.4, -0.2) is 27.8 Å². The van der Waals surface area contributed by atoms with Crippen LogP contribution in [0, 0.1) is 0 Å². The van der Waals surface area contributed by atoms with E-state index in [0.29, 0.717) is 6.54 Å². The Hall–Kier alpha value is -3.42. The van der Waals surface area contributed by atoms with E-state index < -0.39 is 11.7 Å². The lowest BCUT2D eigenvalue weighted by Crippen LogP contribution is -2.27. The third-order valence-electron chi connectivity index (χ3n) is 3.96. The maximum Gasteiger partial charge on any atom is 0.416 e. The molecule has 0 bridgehead atoms. The number of anilines is 2. The van der Waals surface area contributed by atoms with Gasteiger partial charge in [-0.15, -0.1) is 0 Å². The quantitative estimate of drug-likeness (QED) is 0.701. The average Bonchev–Trinajstić information content (AvgIpc) is 2.68. The lowest BCUT2D eigenvalue weighted by Gasteiger charge is -2.17. The molecular weight excluding hydrogens is 369 g/mol. The molecule has 0 radical (unpaired) electrons. The normalized spacial score (nSPS) is 11.1. The van der Waals surface area contributed by atoms with Crippen LogP contribution in [0.4, 0.5) is 24.7 Å².